The molecule has 0 spiro atoms. The molecule has 12 nitrogen and oxygen atoms in total. The van der Waals surface area contributed by atoms with Crippen LogP contribution >= 0.6 is 0 Å². The number of carbonyl (C=O) groups is 3. The summed E-state index contributed by atoms with van der Waals surface area (Å²) in [5, 5.41) is 15.6. The molecule has 2 fully saturated rings. The van der Waals surface area contributed by atoms with E-state index in [9.17, 15) is 19.5 Å². The van der Waals surface area contributed by atoms with Gasteiger partial charge in [-0.25, -0.2) is 9.59 Å². The number of fused-ring (bicyclic) bond motifs is 4. The zero-order chi connectivity index (χ0) is 34.7. The minimum absolute atomic E-state index is 0.0333. The summed E-state index contributed by atoms with van der Waals surface area (Å²) in [7, 11) is 0. The van der Waals surface area contributed by atoms with Crippen molar-refractivity contribution in [2.45, 2.75) is 88.8 Å². The fourth-order valence-corrected chi connectivity index (χ4v) is 6.76. The van der Waals surface area contributed by atoms with Gasteiger partial charge in [0.15, 0.2) is 18.1 Å². The van der Waals surface area contributed by atoms with Crippen LogP contribution in [0.2, 0.25) is 0 Å². The van der Waals surface area contributed by atoms with Crippen LogP contribution in [0.4, 0.5) is 4.79 Å². The van der Waals surface area contributed by atoms with E-state index in [1.54, 1.807) is 20.8 Å². The molecule has 49 heavy (non-hydrogen) atoms. The van der Waals surface area contributed by atoms with Gasteiger partial charge in [0.05, 0.1) is 12.7 Å². The molecule has 0 aromatic heterocycles. The first-order chi connectivity index (χ1) is 23.5. The largest absolute Gasteiger partial charge is 0.459 e. The van der Waals surface area contributed by atoms with Gasteiger partial charge in [-0.3, -0.25) is 4.79 Å². The van der Waals surface area contributed by atoms with Gasteiger partial charge < -0.3 is 44.2 Å². The van der Waals surface area contributed by atoms with Crippen LogP contribution in [0.3, 0.4) is 0 Å². The number of alkyl carbamates (subject to hydrolysis) is 1. The standard InChI is InChI=1S/C37H42N2O10/c1-21(46-35-31(38-22(2)41)33-32(29(18-40)47-35)48-37(3,4)49-33)30(34(42)44-19-23-12-6-5-7-13-23)39-36(43)45-20-28-26-16-10-8-14-24(26)25-15-9-11-17-27(25)28/h5-17,21,28-33,35,40H,18-20H2,1-4H3,(H,38,41)(H,39,43)/t21-,29-,30+,31-,32+,33-,35+/m1/s1. The molecule has 2 amide bonds. The number of ether oxygens (including phenoxy) is 6. The van der Waals surface area contributed by atoms with Crippen LogP contribution < -0.4 is 10.6 Å². The Bertz CT molecular complexity index is 1600. The zero-order valence-corrected chi connectivity index (χ0v) is 27.9. The van der Waals surface area contributed by atoms with Crippen molar-refractivity contribution < 1.29 is 47.9 Å². The normalized spacial score (nSPS) is 24.9. The van der Waals surface area contributed by atoms with Crippen molar-refractivity contribution in [1.29, 1.82) is 0 Å². The summed E-state index contributed by atoms with van der Waals surface area (Å²) in [4.78, 5) is 39.3. The van der Waals surface area contributed by atoms with Gasteiger partial charge in [-0.15, -0.1) is 0 Å². The lowest BCUT2D eigenvalue weighted by atomic mass is 9.96. The highest BCUT2D eigenvalue weighted by atomic mass is 16.8. The molecule has 3 N–H and O–H groups in total. The summed E-state index contributed by atoms with van der Waals surface area (Å²) < 4.78 is 35.8. The Labute approximate surface area is 285 Å². The number of aliphatic hydroxyl groups excluding tert-OH is 1. The second kappa shape index (κ2) is 14.7. The molecule has 12 heteroatoms. The Morgan fingerprint density at radius 2 is 1.49 bits per heavy atom. The summed E-state index contributed by atoms with van der Waals surface area (Å²) in [6.45, 7) is 5.94. The Balaban J connectivity index is 1.19. The quantitative estimate of drug-likeness (QED) is 0.257. The summed E-state index contributed by atoms with van der Waals surface area (Å²) in [5.41, 5.74) is 5.01. The van der Waals surface area contributed by atoms with Crippen LogP contribution in [0.1, 0.15) is 50.3 Å². The van der Waals surface area contributed by atoms with Crippen LogP contribution in [0.5, 0.6) is 0 Å². The Kier molecular flexibility index (Phi) is 10.3. The number of hydrogen-bond acceptors (Lipinski definition) is 10. The average molecular weight is 675 g/mol. The van der Waals surface area contributed by atoms with E-state index in [2.05, 4.69) is 10.6 Å². The van der Waals surface area contributed by atoms with E-state index in [1.165, 1.54) is 6.92 Å². The molecule has 3 aliphatic rings. The zero-order valence-electron chi connectivity index (χ0n) is 27.9. The average Bonchev–Trinajstić information content (AvgIpc) is 3.59. The smallest absolute Gasteiger partial charge is 0.407 e. The monoisotopic (exact) mass is 674 g/mol. The highest BCUT2D eigenvalue weighted by Crippen LogP contribution is 2.44. The Morgan fingerprint density at radius 1 is 0.878 bits per heavy atom. The maximum Gasteiger partial charge on any atom is 0.407 e. The van der Waals surface area contributed by atoms with E-state index in [0.717, 1.165) is 27.8 Å². The highest BCUT2D eigenvalue weighted by molar-refractivity contribution is 5.82. The topological polar surface area (TPSA) is 151 Å². The fourth-order valence-electron chi connectivity index (χ4n) is 6.76. The third-order valence-electron chi connectivity index (χ3n) is 8.95. The SMILES string of the molecule is CC(=O)N[C@H]1[C@@H](O[C@H](C)[C@H](NC(=O)OCC2c3ccccc3-c3ccccc32)C(=O)OCc2ccccc2)O[C@H](CO)[C@@H]2OC(C)(C)O[C@H]12. The molecule has 0 unspecified atom stereocenters. The lowest BCUT2D eigenvalue weighted by Crippen LogP contribution is -2.65. The Hall–Kier alpha value is -4.33. The van der Waals surface area contributed by atoms with Crippen molar-refractivity contribution in [3.63, 3.8) is 0 Å². The van der Waals surface area contributed by atoms with Gasteiger partial charge in [-0.05, 0) is 48.6 Å². The van der Waals surface area contributed by atoms with Crippen molar-refractivity contribution in [3.8, 4) is 11.1 Å². The van der Waals surface area contributed by atoms with E-state index < -0.39 is 67.2 Å². The van der Waals surface area contributed by atoms with Crippen molar-refractivity contribution in [3.05, 3.63) is 95.6 Å². The van der Waals surface area contributed by atoms with Gasteiger partial charge in [0, 0.05) is 12.8 Å². The third-order valence-corrected chi connectivity index (χ3v) is 8.95. The number of aliphatic hydroxyl groups is 1. The molecule has 2 heterocycles. The van der Waals surface area contributed by atoms with Crippen LogP contribution in [-0.2, 0) is 44.6 Å². The predicted molar refractivity (Wildman–Crippen MR) is 176 cm³/mol. The number of esters is 1. The molecule has 3 aromatic carbocycles. The molecule has 7 atom stereocenters. The molecule has 2 saturated heterocycles. The summed E-state index contributed by atoms with van der Waals surface area (Å²) >= 11 is 0. The summed E-state index contributed by atoms with van der Waals surface area (Å²) in [6.07, 6.45) is -5.38. The van der Waals surface area contributed by atoms with Crippen molar-refractivity contribution in [1.82, 2.24) is 10.6 Å². The molecule has 6 rings (SSSR count). The maximum absolute atomic E-state index is 13.6. The number of amides is 2. The number of carbonyl (C=O) groups excluding carboxylic acids is 3. The fraction of sp³-hybridized carbons (Fsp3) is 0.432. The number of benzene rings is 3. The Morgan fingerprint density at radius 3 is 2.12 bits per heavy atom. The van der Waals surface area contributed by atoms with E-state index >= 15 is 0 Å². The molecule has 3 aromatic rings. The first-order valence-electron chi connectivity index (χ1n) is 16.4. The first-order valence-corrected chi connectivity index (χ1v) is 16.4. The van der Waals surface area contributed by atoms with E-state index in [-0.39, 0.29) is 25.0 Å². The second-order valence-corrected chi connectivity index (χ2v) is 12.9. The van der Waals surface area contributed by atoms with E-state index in [4.69, 9.17) is 28.4 Å². The van der Waals surface area contributed by atoms with Gasteiger partial charge in [-0.2, -0.15) is 0 Å². The molecule has 260 valence electrons. The van der Waals surface area contributed by atoms with Gasteiger partial charge in [0.25, 0.3) is 0 Å². The molecule has 2 aliphatic heterocycles. The van der Waals surface area contributed by atoms with Crippen molar-refractivity contribution in [2.75, 3.05) is 13.2 Å². The van der Waals surface area contributed by atoms with Crippen molar-refractivity contribution in [2.24, 2.45) is 0 Å². The van der Waals surface area contributed by atoms with Crippen LogP contribution in [0, 0.1) is 0 Å². The molecular formula is C37H42N2O10. The highest BCUT2D eigenvalue weighted by Gasteiger charge is 2.56. The molecule has 0 saturated carbocycles. The number of nitrogens with one attached hydrogen (secondary N) is 2. The number of hydrogen-bond donors (Lipinski definition) is 3. The third kappa shape index (κ3) is 7.63. The molecule has 1 aliphatic carbocycles. The molecule has 0 radical (unpaired) electrons. The van der Waals surface area contributed by atoms with Gasteiger partial charge in [0.2, 0.25) is 5.91 Å². The predicted octanol–water partition coefficient (Wildman–Crippen LogP) is 3.78. The van der Waals surface area contributed by atoms with Gasteiger partial charge >= 0.3 is 12.1 Å². The van der Waals surface area contributed by atoms with Crippen LogP contribution in [0.15, 0.2) is 78.9 Å². The van der Waals surface area contributed by atoms with Gasteiger partial charge in [-0.1, -0.05) is 78.9 Å². The van der Waals surface area contributed by atoms with Crippen LogP contribution in [0.25, 0.3) is 11.1 Å². The number of rotatable bonds is 11. The van der Waals surface area contributed by atoms with Crippen molar-refractivity contribution >= 4 is 18.0 Å². The summed E-state index contributed by atoms with van der Waals surface area (Å²) in [6, 6.07) is 22.9. The van der Waals surface area contributed by atoms with E-state index in [1.807, 2.05) is 78.9 Å². The van der Waals surface area contributed by atoms with Gasteiger partial charge in [0.1, 0.15) is 37.6 Å². The molecule has 0 bridgehead atoms. The lowest BCUT2D eigenvalue weighted by molar-refractivity contribution is -0.265. The van der Waals surface area contributed by atoms with Crippen LogP contribution in [-0.4, -0.2) is 84.9 Å². The summed E-state index contributed by atoms with van der Waals surface area (Å²) in [5.74, 6) is -2.35. The lowest BCUT2D eigenvalue weighted by Gasteiger charge is -2.43. The van der Waals surface area contributed by atoms with E-state index in [0.29, 0.717) is 0 Å². The second-order valence-electron chi connectivity index (χ2n) is 12.9. The minimum atomic E-state index is -1.34. The minimum Gasteiger partial charge on any atom is -0.459 e. The first kappa shape index (κ1) is 34.5. The molecular weight excluding hydrogens is 632 g/mol. The maximum atomic E-state index is 13.6.